The van der Waals surface area contributed by atoms with Crippen molar-refractivity contribution in [2.75, 3.05) is 13.7 Å². The van der Waals surface area contributed by atoms with Gasteiger partial charge in [0.15, 0.2) is 0 Å². The monoisotopic (exact) mass is 154 g/mol. The summed E-state index contributed by atoms with van der Waals surface area (Å²) >= 11 is 0. The molecule has 0 radical (unpaired) electrons. The molecule has 0 fully saturated rings. The van der Waals surface area contributed by atoms with E-state index in [4.69, 9.17) is 0 Å². The Bertz CT molecular complexity index is 79.0. The number of hydrogen-bond donors (Lipinski definition) is 0. The molecule has 60 valence electrons. The molecule has 0 atom stereocenters. The van der Waals surface area contributed by atoms with E-state index >= 15 is 0 Å². The molecule has 0 spiro atoms. The first-order valence-electron chi connectivity index (χ1n) is 2.22. The Labute approximate surface area is 57.2 Å². The molecule has 0 saturated carbocycles. The molecular formula is C5H8F2O3. The summed E-state index contributed by atoms with van der Waals surface area (Å²) in [5.41, 5.74) is 0. The number of halogens is 2. The Morgan fingerprint density at radius 1 is 1.20 bits per heavy atom. The van der Waals surface area contributed by atoms with Crippen molar-refractivity contribution in [2.45, 2.75) is 0 Å². The van der Waals surface area contributed by atoms with Crippen molar-refractivity contribution in [1.29, 1.82) is 0 Å². The Morgan fingerprint density at radius 3 is 1.70 bits per heavy atom. The molecule has 5 heteroatoms. The summed E-state index contributed by atoms with van der Waals surface area (Å²) < 4.78 is 28.9. The van der Waals surface area contributed by atoms with Crippen LogP contribution in [0.4, 0.5) is 13.6 Å². The predicted octanol–water partition coefficient (Wildman–Crippen LogP) is 1.80. The van der Waals surface area contributed by atoms with Gasteiger partial charge < -0.3 is 9.47 Å². The number of rotatable bonds is 2. The Morgan fingerprint density at radius 2 is 1.50 bits per heavy atom. The van der Waals surface area contributed by atoms with Crippen LogP contribution in [0.25, 0.3) is 0 Å². The number of carbonyl (C=O) groups excluding carboxylic acids is 1. The molecule has 0 bridgehead atoms. The minimum Gasteiger partial charge on any atom is -0.402 e. The van der Waals surface area contributed by atoms with Crippen LogP contribution >= 0.6 is 0 Å². The molecule has 3 nitrogen and oxygen atoms in total. The maximum absolute atomic E-state index is 10.9. The largest absolute Gasteiger partial charge is 0.512 e. The van der Waals surface area contributed by atoms with E-state index < -0.39 is 19.9 Å². The molecule has 0 heterocycles. The molecule has 0 aliphatic rings. The molecule has 0 unspecified atom stereocenters. The van der Waals surface area contributed by atoms with E-state index in [1.54, 1.807) is 0 Å². The summed E-state index contributed by atoms with van der Waals surface area (Å²) in [6, 6.07) is 0. The van der Waals surface area contributed by atoms with Crippen LogP contribution in [0.1, 0.15) is 0 Å². The molecule has 0 amide bonds. The van der Waals surface area contributed by atoms with Crippen LogP contribution in [-0.4, -0.2) is 19.9 Å². The molecule has 0 rings (SSSR count). The molecule has 0 aliphatic carbocycles. The van der Waals surface area contributed by atoms with Crippen LogP contribution in [0.15, 0.2) is 13.2 Å². The fourth-order valence-electron chi connectivity index (χ4n) is 0.131. The highest BCUT2D eigenvalue weighted by molar-refractivity contribution is 5.59. The van der Waals surface area contributed by atoms with Crippen LogP contribution in [-0.2, 0) is 9.47 Å². The smallest absolute Gasteiger partial charge is 0.402 e. The van der Waals surface area contributed by atoms with Gasteiger partial charge in [-0.3, -0.25) is 0 Å². The van der Waals surface area contributed by atoms with Gasteiger partial charge in [-0.15, -0.1) is 13.2 Å². The average molecular weight is 154 g/mol. The maximum Gasteiger partial charge on any atom is 0.512 e. The first kappa shape index (κ1) is 11.6. The molecule has 0 saturated heterocycles. The van der Waals surface area contributed by atoms with Crippen LogP contribution in [0.5, 0.6) is 0 Å². The normalized spacial score (nSPS) is 7.00. The van der Waals surface area contributed by atoms with Crippen molar-refractivity contribution in [3.63, 3.8) is 0 Å². The lowest BCUT2D eigenvalue weighted by Crippen LogP contribution is -2.04. The third-order valence-electron chi connectivity index (χ3n) is 0.345. The zero-order chi connectivity index (χ0) is 8.41. The summed E-state index contributed by atoms with van der Waals surface area (Å²) in [6.07, 6.45) is -1.34. The minimum absolute atomic E-state index is 1.29. The van der Waals surface area contributed by atoms with Crippen LogP contribution < -0.4 is 0 Å². The summed E-state index contributed by atoms with van der Waals surface area (Å²) in [6.45, 7) is 3.41. The Balaban J connectivity index is 0. The van der Waals surface area contributed by atoms with Gasteiger partial charge in [0, 0.05) is 0 Å². The van der Waals surface area contributed by atoms with Crippen LogP contribution in [0.2, 0.25) is 0 Å². The highest BCUT2D eigenvalue weighted by atomic mass is 19.1. The van der Waals surface area contributed by atoms with E-state index in [0.717, 1.165) is 0 Å². The predicted molar refractivity (Wildman–Crippen MR) is 30.8 cm³/mol. The second-order valence-corrected chi connectivity index (χ2v) is 0.757. The van der Waals surface area contributed by atoms with E-state index in [-0.39, 0.29) is 0 Å². The third-order valence-corrected chi connectivity index (χ3v) is 0.345. The van der Waals surface area contributed by atoms with Crippen molar-refractivity contribution in [1.82, 2.24) is 0 Å². The summed E-state index contributed by atoms with van der Waals surface area (Å²) in [7, 11) is 0. The topological polar surface area (TPSA) is 35.5 Å². The van der Waals surface area contributed by atoms with Crippen LogP contribution in [0, 0.1) is 0 Å². The number of hydrogen-bond acceptors (Lipinski definition) is 3. The SMILES string of the molecule is C=C.O=C(OCF)OCF. The fourth-order valence-corrected chi connectivity index (χ4v) is 0.131. The van der Waals surface area contributed by atoms with Gasteiger partial charge in [0.25, 0.3) is 0 Å². The molecule has 0 aromatic heterocycles. The molecule has 0 aromatic carbocycles. The molecule has 0 aromatic rings. The second kappa shape index (κ2) is 10.8. The molecule has 10 heavy (non-hydrogen) atoms. The van der Waals surface area contributed by atoms with E-state index in [0.29, 0.717) is 0 Å². The van der Waals surface area contributed by atoms with E-state index in [1.807, 2.05) is 0 Å². The van der Waals surface area contributed by atoms with Gasteiger partial charge >= 0.3 is 6.16 Å². The van der Waals surface area contributed by atoms with E-state index in [2.05, 4.69) is 22.6 Å². The lowest BCUT2D eigenvalue weighted by atomic mass is 11.3. The van der Waals surface area contributed by atoms with Crippen molar-refractivity contribution >= 4 is 6.16 Å². The van der Waals surface area contributed by atoms with E-state index in [1.165, 1.54) is 0 Å². The quantitative estimate of drug-likeness (QED) is 0.449. The first-order valence-corrected chi connectivity index (χ1v) is 2.22. The lowest BCUT2D eigenvalue weighted by Gasteiger charge is -1.94. The fraction of sp³-hybridized carbons (Fsp3) is 0.400. The average Bonchev–Trinajstić information content (AvgIpc) is 1.93. The molecule has 0 N–H and O–H groups in total. The highest BCUT2D eigenvalue weighted by Crippen LogP contribution is 1.84. The summed E-state index contributed by atoms with van der Waals surface area (Å²) in [4.78, 5) is 9.72. The number of alkyl halides is 2. The van der Waals surface area contributed by atoms with Gasteiger partial charge in [-0.1, -0.05) is 0 Å². The second-order valence-electron chi connectivity index (χ2n) is 0.757. The summed E-state index contributed by atoms with van der Waals surface area (Å²) in [5.74, 6) is 0. The van der Waals surface area contributed by atoms with Crippen molar-refractivity contribution in [2.24, 2.45) is 0 Å². The molecule has 0 aliphatic heterocycles. The van der Waals surface area contributed by atoms with Gasteiger partial charge in [-0.2, -0.15) is 0 Å². The van der Waals surface area contributed by atoms with E-state index in [9.17, 15) is 13.6 Å². The molecular weight excluding hydrogens is 146 g/mol. The van der Waals surface area contributed by atoms with Gasteiger partial charge in [-0.05, 0) is 0 Å². The lowest BCUT2D eigenvalue weighted by molar-refractivity contribution is 0.00509. The van der Waals surface area contributed by atoms with Crippen molar-refractivity contribution in [3.05, 3.63) is 13.2 Å². The minimum atomic E-state index is -1.34. The Hall–Kier alpha value is -1.13. The van der Waals surface area contributed by atoms with Crippen molar-refractivity contribution in [3.8, 4) is 0 Å². The van der Waals surface area contributed by atoms with Gasteiger partial charge in [-0.25, -0.2) is 13.6 Å². The van der Waals surface area contributed by atoms with Gasteiger partial charge in [0.05, 0.1) is 0 Å². The number of carbonyl (C=O) groups is 1. The standard InChI is InChI=1S/C3H4F2O3.C2H4/c4-1-7-3(6)8-2-5;1-2/h1-2H2;1-2H2. The van der Waals surface area contributed by atoms with Gasteiger partial charge in [0.2, 0.25) is 13.7 Å². The zero-order valence-electron chi connectivity index (χ0n) is 5.31. The highest BCUT2D eigenvalue weighted by Gasteiger charge is 1.99. The third kappa shape index (κ3) is 9.98. The maximum atomic E-state index is 10.9. The zero-order valence-corrected chi connectivity index (χ0v) is 5.31. The van der Waals surface area contributed by atoms with Crippen molar-refractivity contribution < 1.29 is 23.0 Å². The first-order chi connectivity index (χ1) is 4.81. The Kier molecular flexibility index (Phi) is 12.5. The van der Waals surface area contributed by atoms with Gasteiger partial charge in [0.1, 0.15) is 0 Å². The number of ether oxygens (including phenoxy) is 2. The van der Waals surface area contributed by atoms with Crippen LogP contribution in [0.3, 0.4) is 0 Å². The summed E-state index contributed by atoms with van der Waals surface area (Å²) in [5, 5.41) is 0.